The summed E-state index contributed by atoms with van der Waals surface area (Å²) >= 11 is 0. The molecule has 0 aromatic heterocycles. The van der Waals surface area contributed by atoms with E-state index in [-0.39, 0.29) is 13.2 Å². The summed E-state index contributed by atoms with van der Waals surface area (Å²) in [6, 6.07) is -0.695. The molecule has 1 saturated heterocycles. The van der Waals surface area contributed by atoms with Gasteiger partial charge in [0.1, 0.15) is 0 Å². The maximum absolute atomic E-state index is 12.4. The molecule has 1 heterocycles. The predicted octanol–water partition coefficient (Wildman–Crippen LogP) is 0.236. The first-order chi connectivity index (χ1) is 6.43. The molecule has 0 aromatic rings. The van der Waals surface area contributed by atoms with Gasteiger partial charge in [-0.05, 0) is 0 Å². The number of alkyl halides is 4. The third kappa shape index (κ3) is 2.79. The first-order valence-corrected chi connectivity index (χ1v) is 4.08. The Labute approximate surface area is 78.0 Å². The predicted molar refractivity (Wildman–Crippen MR) is 39.6 cm³/mol. The Morgan fingerprint density at radius 3 is 2.50 bits per heavy atom. The molecule has 0 aromatic carbocycles. The van der Waals surface area contributed by atoms with Crippen LogP contribution < -0.4 is 5.32 Å². The quantitative estimate of drug-likeness (QED) is 0.662. The Morgan fingerprint density at radius 1 is 1.43 bits per heavy atom. The van der Waals surface area contributed by atoms with E-state index in [9.17, 15) is 17.6 Å². The molecular formula is C7H11F4NO2. The summed E-state index contributed by atoms with van der Waals surface area (Å²) in [5.41, 5.74) is 0. The average molecular weight is 217 g/mol. The van der Waals surface area contributed by atoms with Gasteiger partial charge in [0, 0.05) is 0 Å². The van der Waals surface area contributed by atoms with Crippen LogP contribution in [0.15, 0.2) is 0 Å². The molecule has 0 bridgehead atoms. The van der Waals surface area contributed by atoms with Crippen LogP contribution in [0.4, 0.5) is 17.6 Å². The van der Waals surface area contributed by atoms with Crippen LogP contribution >= 0.6 is 0 Å². The minimum Gasteiger partial charge on any atom is -0.389 e. The average Bonchev–Trinajstić information content (AvgIpc) is 2.47. The van der Waals surface area contributed by atoms with Gasteiger partial charge in [-0.2, -0.15) is 8.78 Å². The number of hydrogen-bond donors (Lipinski definition) is 2. The first-order valence-electron chi connectivity index (χ1n) is 4.08. The van der Waals surface area contributed by atoms with Crippen LogP contribution in [0.3, 0.4) is 0 Å². The first kappa shape index (κ1) is 11.7. The highest BCUT2D eigenvalue weighted by molar-refractivity contribution is 4.83. The van der Waals surface area contributed by atoms with Gasteiger partial charge in [-0.15, -0.1) is 0 Å². The lowest BCUT2D eigenvalue weighted by Crippen LogP contribution is -2.47. The lowest BCUT2D eigenvalue weighted by molar-refractivity contribution is -0.127. The molecule has 7 heteroatoms. The smallest absolute Gasteiger partial charge is 0.319 e. The van der Waals surface area contributed by atoms with Gasteiger partial charge in [0.25, 0.3) is 0 Å². The van der Waals surface area contributed by atoms with Gasteiger partial charge in [0.05, 0.1) is 31.9 Å². The number of aliphatic hydroxyl groups is 1. The van der Waals surface area contributed by atoms with Crippen molar-refractivity contribution < 1.29 is 27.4 Å². The summed E-state index contributed by atoms with van der Waals surface area (Å²) < 4.78 is 52.9. The summed E-state index contributed by atoms with van der Waals surface area (Å²) in [4.78, 5) is 0. The van der Waals surface area contributed by atoms with E-state index in [1.807, 2.05) is 0 Å². The maximum atomic E-state index is 12.4. The SMILES string of the molecule is OC1COCC1NCC(F)(F)C(F)F. The second kappa shape index (κ2) is 4.41. The van der Waals surface area contributed by atoms with Gasteiger partial charge in [0.2, 0.25) is 0 Å². The maximum Gasteiger partial charge on any atom is 0.319 e. The zero-order chi connectivity index (χ0) is 10.8. The lowest BCUT2D eigenvalue weighted by Gasteiger charge is -2.20. The van der Waals surface area contributed by atoms with Crippen LogP contribution in [-0.2, 0) is 4.74 Å². The minimum absolute atomic E-state index is 0.0396. The normalized spacial score (nSPS) is 28.7. The molecule has 2 unspecified atom stereocenters. The van der Waals surface area contributed by atoms with Gasteiger partial charge < -0.3 is 15.2 Å². The second-order valence-corrected chi connectivity index (χ2v) is 3.15. The molecule has 1 aliphatic rings. The standard InChI is InChI=1S/C7H11F4NO2/c8-6(9)7(10,11)3-12-4-1-14-2-5(4)13/h4-6,12-13H,1-3H2. The summed E-state index contributed by atoms with van der Waals surface area (Å²) in [5, 5.41) is 11.3. The fourth-order valence-corrected chi connectivity index (χ4v) is 1.08. The van der Waals surface area contributed by atoms with Crippen LogP contribution in [0.1, 0.15) is 0 Å². The molecule has 0 radical (unpaired) electrons. The van der Waals surface area contributed by atoms with Gasteiger partial charge >= 0.3 is 12.3 Å². The summed E-state index contributed by atoms with van der Waals surface area (Å²) in [7, 11) is 0. The number of ether oxygens (including phenoxy) is 1. The third-order valence-corrected chi connectivity index (χ3v) is 1.97. The van der Waals surface area contributed by atoms with Crippen molar-refractivity contribution in [2.24, 2.45) is 0 Å². The Bertz CT molecular complexity index is 191. The topological polar surface area (TPSA) is 41.5 Å². The molecule has 0 spiro atoms. The number of nitrogens with one attached hydrogen (secondary N) is 1. The Kier molecular flexibility index (Phi) is 3.68. The van der Waals surface area contributed by atoms with E-state index in [1.54, 1.807) is 0 Å². The van der Waals surface area contributed by atoms with E-state index in [2.05, 4.69) is 5.32 Å². The highest BCUT2D eigenvalue weighted by Crippen LogP contribution is 2.22. The van der Waals surface area contributed by atoms with Crippen molar-refractivity contribution in [1.29, 1.82) is 0 Å². The number of aliphatic hydroxyl groups excluding tert-OH is 1. The molecule has 0 saturated carbocycles. The number of hydrogen-bond acceptors (Lipinski definition) is 3. The van der Waals surface area contributed by atoms with Crippen molar-refractivity contribution in [3.63, 3.8) is 0 Å². The molecule has 3 nitrogen and oxygen atoms in total. The van der Waals surface area contributed by atoms with Crippen LogP contribution in [-0.4, -0.2) is 49.4 Å². The minimum atomic E-state index is -4.07. The molecule has 14 heavy (non-hydrogen) atoms. The van der Waals surface area contributed by atoms with E-state index in [1.165, 1.54) is 0 Å². The molecule has 1 rings (SSSR count). The van der Waals surface area contributed by atoms with Crippen LogP contribution in [0.2, 0.25) is 0 Å². The van der Waals surface area contributed by atoms with Crippen molar-refractivity contribution in [3.05, 3.63) is 0 Å². The van der Waals surface area contributed by atoms with Crippen molar-refractivity contribution in [2.75, 3.05) is 19.8 Å². The molecule has 2 atom stereocenters. The fraction of sp³-hybridized carbons (Fsp3) is 1.00. The van der Waals surface area contributed by atoms with Gasteiger partial charge in [0.15, 0.2) is 0 Å². The van der Waals surface area contributed by atoms with E-state index in [4.69, 9.17) is 9.84 Å². The Balaban J connectivity index is 2.32. The van der Waals surface area contributed by atoms with Crippen LogP contribution in [0.5, 0.6) is 0 Å². The fourth-order valence-electron chi connectivity index (χ4n) is 1.08. The third-order valence-electron chi connectivity index (χ3n) is 1.97. The molecule has 1 fully saturated rings. The van der Waals surface area contributed by atoms with Crippen LogP contribution in [0.25, 0.3) is 0 Å². The largest absolute Gasteiger partial charge is 0.389 e. The molecule has 0 aliphatic carbocycles. The molecular weight excluding hydrogens is 206 g/mol. The Hall–Kier alpha value is -0.400. The second-order valence-electron chi connectivity index (χ2n) is 3.15. The van der Waals surface area contributed by atoms with Crippen LogP contribution in [0, 0.1) is 0 Å². The highest BCUT2D eigenvalue weighted by Gasteiger charge is 2.41. The van der Waals surface area contributed by atoms with E-state index >= 15 is 0 Å². The summed E-state index contributed by atoms with van der Waals surface area (Å²) in [6.45, 7) is -1.06. The van der Waals surface area contributed by atoms with E-state index in [0.29, 0.717) is 0 Å². The van der Waals surface area contributed by atoms with Crippen molar-refractivity contribution in [1.82, 2.24) is 5.32 Å². The zero-order valence-electron chi connectivity index (χ0n) is 7.22. The Morgan fingerprint density at radius 2 is 2.07 bits per heavy atom. The number of halogens is 4. The molecule has 0 amide bonds. The molecule has 2 N–H and O–H groups in total. The van der Waals surface area contributed by atoms with Gasteiger partial charge in [-0.3, -0.25) is 0 Å². The molecule has 1 aliphatic heterocycles. The van der Waals surface area contributed by atoms with E-state index < -0.39 is 31.0 Å². The summed E-state index contributed by atoms with van der Waals surface area (Å²) in [5.74, 6) is -4.07. The van der Waals surface area contributed by atoms with Gasteiger partial charge in [-0.25, -0.2) is 8.78 Å². The summed E-state index contributed by atoms with van der Waals surface area (Å²) in [6.07, 6.45) is -4.61. The highest BCUT2D eigenvalue weighted by atomic mass is 19.3. The monoisotopic (exact) mass is 217 g/mol. The zero-order valence-corrected chi connectivity index (χ0v) is 7.22. The number of rotatable bonds is 4. The van der Waals surface area contributed by atoms with Crippen molar-refractivity contribution in [2.45, 2.75) is 24.5 Å². The van der Waals surface area contributed by atoms with E-state index in [0.717, 1.165) is 0 Å². The molecule has 84 valence electrons. The lowest BCUT2D eigenvalue weighted by atomic mass is 10.2. The van der Waals surface area contributed by atoms with Gasteiger partial charge in [-0.1, -0.05) is 0 Å². The van der Waals surface area contributed by atoms with Crippen molar-refractivity contribution in [3.8, 4) is 0 Å². The van der Waals surface area contributed by atoms with Crippen molar-refractivity contribution >= 4 is 0 Å².